The SMILES string of the molecule is CN1CCN(c2ccc(-n3c(=O)n(C)c4cnc5ccc(-c6cccnc6)cc5c43)cc2)CC1. The summed E-state index contributed by atoms with van der Waals surface area (Å²) in [6, 6.07) is 18.5. The molecule has 1 aliphatic rings. The van der Waals surface area contributed by atoms with E-state index in [2.05, 4.69) is 51.1 Å². The first-order valence-electron chi connectivity index (χ1n) is 11.5. The van der Waals surface area contributed by atoms with Crippen LogP contribution in [0.3, 0.4) is 0 Å². The highest BCUT2D eigenvalue weighted by molar-refractivity contribution is 6.04. The number of rotatable bonds is 3. The molecule has 34 heavy (non-hydrogen) atoms. The van der Waals surface area contributed by atoms with Crippen LogP contribution in [-0.4, -0.2) is 57.2 Å². The Morgan fingerprint density at radius 1 is 0.824 bits per heavy atom. The third-order valence-electron chi connectivity index (χ3n) is 6.85. The molecule has 0 N–H and O–H groups in total. The van der Waals surface area contributed by atoms with E-state index < -0.39 is 0 Å². The van der Waals surface area contributed by atoms with Crippen molar-refractivity contribution < 1.29 is 0 Å². The van der Waals surface area contributed by atoms with Crippen LogP contribution >= 0.6 is 0 Å². The van der Waals surface area contributed by atoms with Gasteiger partial charge in [0.2, 0.25) is 0 Å². The van der Waals surface area contributed by atoms with Gasteiger partial charge in [-0.15, -0.1) is 0 Å². The molecule has 1 fully saturated rings. The summed E-state index contributed by atoms with van der Waals surface area (Å²) in [6.07, 6.45) is 5.41. The standard InChI is InChI=1S/C27H26N6O/c1-30-12-14-32(15-13-30)21-6-8-22(9-7-21)33-26-23-16-19(20-4-3-11-28-17-20)5-10-24(23)29-18-25(26)31(2)27(33)34/h3-11,16-18H,12-15H2,1-2H3. The number of piperazine rings is 1. The second kappa shape index (κ2) is 8.11. The van der Waals surface area contributed by atoms with Gasteiger partial charge in [0.05, 0.1) is 28.4 Å². The third kappa shape index (κ3) is 3.36. The molecule has 0 bridgehead atoms. The summed E-state index contributed by atoms with van der Waals surface area (Å²) < 4.78 is 3.48. The number of hydrogen-bond donors (Lipinski definition) is 0. The lowest BCUT2D eigenvalue weighted by Crippen LogP contribution is -2.44. The fourth-order valence-corrected chi connectivity index (χ4v) is 4.83. The number of aryl methyl sites for hydroxylation is 1. The van der Waals surface area contributed by atoms with Crippen LogP contribution in [0.1, 0.15) is 0 Å². The summed E-state index contributed by atoms with van der Waals surface area (Å²) in [5.74, 6) is 0. The Balaban J connectivity index is 1.51. The smallest absolute Gasteiger partial charge is 0.333 e. The van der Waals surface area contributed by atoms with E-state index in [1.54, 1.807) is 28.6 Å². The van der Waals surface area contributed by atoms with Gasteiger partial charge in [-0.05, 0) is 55.1 Å². The Morgan fingerprint density at radius 3 is 2.32 bits per heavy atom. The number of nitrogens with zero attached hydrogens (tertiary/aromatic N) is 6. The monoisotopic (exact) mass is 450 g/mol. The van der Waals surface area contributed by atoms with Gasteiger partial charge < -0.3 is 9.80 Å². The van der Waals surface area contributed by atoms with Gasteiger partial charge >= 0.3 is 5.69 Å². The molecule has 6 rings (SSSR count). The predicted molar refractivity (Wildman–Crippen MR) is 137 cm³/mol. The van der Waals surface area contributed by atoms with Crippen LogP contribution in [0.15, 0.2) is 78.0 Å². The zero-order valence-electron chi connectivity index (χ0n) is 19.3. The van der Waals surface area contributed by atoms with Crippen LogP contribution in [0.25, 0.3) is 38.8 Å². The summed E-state index contributed by atoms with van der Waals surface area (Å²) in [5, 5.41) is 0.944. The van der Waals surface area contributed by atoms with Crippen LogP contribution in [0.2, 0.25) is 0 Å². The van der Waals surface area contributed by atoms with Crippen molar-refractivity contribution in [1.82, 2.24) is 24.0 Å². The highest BCUT2D eigenvalue weighted by atomic mass is 16.1. The summed E-state index contributed by atoms with van der Waals surface area (Å²) in [6.45, 7) is 4.14. The predicted octanol–water partition coefficient (Wildman–Crippen LogP) is 3.69. The van der Waals surface area contributed by atoms with Gasteiger partial charge in [0, 0.05) is 62.3 Å². The second-order valence-corrected chi connectivity index (χ2v) is 8.95. The van der Waals surface area contributed by atoms with Crippen molar-refractivity contribution in [3.05, 3.63) is 83.7 Å². The molecule has 3 aromatic heterocycles. The van der Waals surface area contributed by atoms with E-state index in [-0.39, 0.29) is 5.69 Å². The number of pyridine rings is 2. The van der Waals surface area contributed by atoms with Crippen molar-refractivity contribution >= 4 is 27.6 Å². The van der Waals surface area contributed by atoms with Crippen LogP contribution in [0, 0.1) is 0 Å². The number of hydrogen-bond acceptors (Lipinski definition) is 5. The molecule has 0 atom stereocenters. The second-order valence-electron chi connectivity index (χ2n) is 8.95. The Morgan fingerprint density at radius 2 is 1.59 bits per heavy atom. The quantitative estimate of drug-likeness (QED) is 0.420. The van der Waals surface area contributed by atoms with Crippen molar-refractivity contribution in [3.63, 3.8) is 0 Å². The van der Waals surface area contributed by atoms with E-state index in [1.807, 2.05) is 36.5 Å². The molecule has 5 aromatic rings. The number of likely N-dealkylation sites (N-methyl/N-ethyl adjacent to an activating group) is 1. The maximum absolute atomic E-state index is 13.4. The zero-order valence-corrected chi connectivity index (χ0v) is 19.3. The fraction of sp³-hybridized carbons (Fsp3) is 0.222. The maximum Gasteiger partial charge on any atom is 0.333 e. The molecule has 0 radical (unpaired) electrons. The maximum atomic E-state index is 13.4. The fourth-order valence-electron chi connectivity index (χ4n) is 4.83. The van der Waals surface area contributed by atoms with E-state index in [1.165, 1.54) is 5.69 Å². The van der Waals surface area contributed by atoms with Gasteiger partial charge in [0.25, 0.3) is 0 Å². The Bertz CT molecular complexity index is 1540. The first-order chi connectivity index (χ1) is 16.6. The van der Waals surface area contributed by atoms with E-state index >= 15 is 0 Å². The van der Waals surface area contributed by atoms with Gasteiger partial charge in [-0.25, -0.2) is 4.79 Å². The minimum atomic E-state index is -0.0802. The minimum absolute atomic E-state index is 0.0802. The molecule has 4 heterocycles. The molecule has 7 heteroatoms. The summed E-state index contributed by atoms with van der Waals surface area (Å²) >= 11 is 0. The average molecular weight is 451 g/mol. The Hall–Kier alpha value is -3.97. The highest BCUT2D eigenvalue weighted by Crippen LogP contribution is 2.30. The van der Waals surface area contributed by atoms with Crippen LogP contribution < -0.4 is 10.6 Å². The number of aromatic nitrogens is 4. The average Bonchev–Trinajstić information content (AvgIpc) is 3.15. The molecule has 0 unspecified atom stereocenters. The molecule has 0 spiro atoms. The zero-order chi connectivity index (χ0) is 23.2. The summed E-state index contributed by atoms with van der Waals surface area (Å²) in [5.41, 5.74) is 6.57. The molecule has 0 amide bonds. The molecule has 7 nitrogen and oxygen atoms in total. The van der Waals surface area contributed by atoms with Crippen molar-refractivity contribution in [1.29, 1.82) is 0 Å². The van der Waals surface area contributed by atoms with Crippen molar-refractivity contribution in [2.24, 2.45) is 7.05 Å². The van der Waals surface area contributed by atoms with E-state index in [9.17, 15) is 4.79 Å². The van der Waals surface area contributed by atoms with Crippen molar-refractivity contribution in [2.75, 3.05) is 38.1 Å². The number of benzene rings is 2. The van der Waals surface area contributed by atoms with Crippen LogP contribution in [0.5, 0.6) is 0 Å². The topological polar surface area (TPSA) is 59.2 Å². The normalized spacial score (nSPS) is 14.8. The molecular weight excluding hydrogens is 424 g/mol. The first-order valence-corrected chi connectivity index (χ1v) is 11.5. The van der Waals surface area contributed by atoms with Crippen LogP contribution in [-0.2, 0) is 7.05 Å². The lowest BCUT2D eigenvalue weighted by Gasteiger charge is -2.34. The van der Waals surface area contributed by atoms with Gasteiger partial charge in [-0.1, -0.05) is 12.1 Å². The molecule has 170 valence electrons. The number of anilines is 1. The molecular formula is C27H26N6O. The van der Waals surface area contributed by atoms with E-state index in [0.717, 1.165) is 64.9 Å². The highest BCUT2D eigenvalue weighted by Gasteiger charge is 2.18. The molecule has 1 aliphatic heterocycles. The lowest BCUT2D eigenvalue weighted by atomic mass is 10.0. The number of fused-ring (bicyclic) bond motifs is 3. The Labute approximate surface area is 197 Å². The minimum Gasteiger partial charge on any atom is -0.369 e. The largest absolute Gasteiger partial charge is 0.369 e. The van der Waals surface area contributed by atoms with Gasteiger partial charge in [0.15, 0.2) is 0 Å². The van der Waals surface area contributed by atoms with E-state index in [0.29, 0.717) is 0 Å². The molecule has 0 aliphatic carbocycles. The lowest BCUT2D eigenvalue weighted by molar-refractivity contribution is 0.313. The summed E-state index contributed by atoms with van der Waals surface area (Å²) in [7, 11) is 3.96. The van der Waals surface area contributed by atoms with Crippen LogP contribution in [0.4, 0.5) is 5.69 Å². The van der Waals surface area contributed by atoms with Gasteiger partial charge in [-0.3, -0.25) is 19.1 Å². The molecule has 2 aromatic carbocycles. The molecule has 1 saturated heterocycles. The molecule has 0 saturated carbocycles. The number of imidazole rings is 1. The summed E-state index contributed by atoms with van der Waals surface area (Å²) in [4.78, 5) is 27.0. The first kappa shape index (κ1) is 20.6. The van der Waals surface area contributed by atoms with Gasteiger partial charge in [0.1, 0.15) is 0 Å². The third-order valence-corrected chi connectivity index (χ3v) is 6.85. The van der Waals surface area contributed by atoms with Gasteiger partial charge in [-0.2, -0.15) is 0 Å². The Kier molecular flexibility index (Phi) is 4.92. The van der Waals surface area contributed by atoms with Crippen molar-refractivity contribution in [3.8, 4) is 16.8 Å². The van der Waals surface area contributed by atoms with Crippen molar-refractivity contribution in [2.45, 2.75) is 0 Å². The van der Waals surface area contributed by atoms with E-state index in [4.69, 9.17) is 0 Å².